The maximum Gasteiger partial charge on any atom is 0.262 e. The molecule has 0 spiro atoms. The van der Waals surface area contributed by atoms with Gasteiger partial charge in [0.2, 0.25) is 0 Å². The van der Waals surface area contributed by atoms with E-state index >= 15 is 0 Å². The number of aliphatic hydroxyl groups is 1. The highest BCUT2D eigenvalue weighted by Gasteiger charge is 2.58. The lowest BCUT2D eigenvalue weighted by Crippen LogP contribution is -2.71. The van der Waals surface area contributed by atoms with Crippen LogP contribution in [-0.2, 0) is 18.0 Å². The summed E-state index contributed by atoms with van der Waals surface area (Å²) in [7, 11) is -9.13. The summed E-state index contributed by atoms with van der Waals surface area (Å²) in [6.45, 7) is 26.5. The molecule has 1 saturated carbocycles. The SMILES string of the molecule is C=C1C(=CCO)CC(O[Si](c2ccccc2)(c2ccccc2)C(C)(C)C)C(OCCCO[Si](c2ccccc2)(c2ccccc2)C(C)(C)C)C1O[Si](c1ccccc1)(c1ccccc1)C(C)(C)C. The minimum Gasteiger partial charge on any atom is -0.407 e. The van der Waals surface area contributed by atoms with Gasteiger partial charge in [-0.1, -0.05) is 257 Å². The lowest BCUT2D eigenvalue weighted by atomic mass is 9.84. The van der Waals surface area contributed by atoms with E-state index < -0.39 is 43.3 Å². The van der Waals surface area contributed by atoms with Crippen LogP contribution in [0.5, 0.6) is 0 Å². The number of benzene rings is 6. The Morgan fingerprint density at radius 2 is 0.809 bits per heavy atom. The van der Waals surface area contributed by atoms with Crippen molar-refractivity contribution in [2.75, 3.05) is 19.8 Å². The lowest BCUT2D eigenvalue weighted by molar-refractivity contribution is -0.0862. The molecule has 7 rings (SSSR count). The molecule has 356 valence electrons. The molecule has 0 bridgehead atoms. The van der Waals surface area contributed by atoms with Crippen LogP contribution in [0.4, 0.5) is 0 Å². The molecule has 1 fully saturated rings. The van der Waals surface area contributed by atoms with Gasteiger partial charge in [0.1, 0.15) is 6.10 Å². The first kappa shape index (κ1) is 51.1. The second-order valence-electron chi connectivity index (χ2n) is 21.4. The lowest BCUT2D eigenvalue weighted by Gasteiger charge is -2.52. The van der Waals surface area contributed by atoms with Crippen molar-refractivity contribution < 1.29 is 23.1 Å². The molecule has 1 aliphatic carbocycles. The third kappa shape index (κ3) is 10.1. The van der Waals surface area contributed by atoms with Gasteiger partial charge in [-0.25, -0.2) is 0 Å². The largest absolute Gasteiger partial charge is 0.407 e. The molecule has 6 aromatic rings. The van der Waals surface area contributed by atoms with Crippen LogP contribution in [0.3, 0.4) is 0 Å². The minimum absolute atomic E-state index is 0.128. The second kappa shape index (κ2) is 21.5. The molecule has 3 unspecified atom stereocenters. The van der Waals surface area contributed by atoms with E-state index in [1.807, 2.05) is 6.08 Å². The van der Waals surface area contributed by atoms with Crippen molar-refractivity contribution in [1.82, 2.24) is 0 Å². The number of hydrogen-bond acceptors (Lipinski definition) is 5. The van der Waals surface area contributed by atoms with Crippen molar-refractivity contribution in [2.45, 2.75) is 109 Å². The van der Waals surface area contributed by atoms with Gasteiger partial charge in [0, 0.05) is 19.6 Å². The summed E-state index contributed by atoms with van der Waals surface area (Å²) in [5.41, 5.74) is 1.76. The second-order valence-corrected chi connectivity index (χ2v) is 34.2. The zero-order valence-corrected chi connectivity index (χ0v) is 45.0. The highest BCUT2D eigenvalue weighted by atomic mass is 28.4. The summed E-state index contributed by atoms with van der Waals surface area (Å²) < 4.78 is 31.1. The number of ether oxygens (including phenoxy) is 1. The molecular weight excluding hydrogens is 885 g/mol. The van der Waals surface area contributed by atoms with E-state index in [2.05, 4.69) is 244 Å². The average molecular weight is 960 g/mol. The van der Waals surface area contributed by atoms with E-state index in [1.165, 1.54) is 31.1 Å². The molecule has 8 heteroatoms. The van der Waals surface area contributed by atoms with Crippen molar-refractivity contribution in [1.29, 1.82) is 0 Å². The van der Waals surface area contributed by atoms with Gasteiger partial charge in [-0.3, -0.25) is 0 Å². The summed E-state index contributed by atoms with van der Waals surface area (Å²) in [6.07, 6.45) is 1.42. The zero-order chi connectivity index (χ0) is 48.6. The van der Waals surface area contributed by atoms with Gasteiger partial charge in [-0.05, 0) is 63.8 Å². The normalized spacial score (nSPS) is 18.2. The molecule has 68 heavy (non-hydrogen) atoms. The molecule has 3 atom stereocenters. The Bertz CT molecular complexity index is 2410. The fourth-order valence-corrected chi connectivity index (χ4v) is 24.8. The molecule has 6 aromatic carbocycles. The topological polar surface area (TPSA) is 57.2 Å². The minimum atomic E-state index is -3.19. The maximum absolute atomic E-state index is 10.7. The van der Waals surface area contributed by atoms with Crippen molar-refractivity contribution >= 4 is 56.1 Å². The summed E-state index contributed by atoms with van der Waals surface area (Å²) in [5.74, 6) is 0. The van der Waals surface area contributed by atoms with Crippen LogP contribution >= 0.6 is 0 Å². The van der Waals surface area contributed by atoms with Crippen molar-refractivity contribution in [3.05, 3.63) is 206 Å². The van der Waals surface area contributed by atoms with Crippen LogP contribution in [0, 0.1) is 0 Å². The Hall–Kier alpha value is -4.75. The van der Waals surface area contributed by atoms with Crippen LogP contribution in [0.15, 0.2) is 206 Å². The fraction of sp³-hybridized carbons (Fsp3) is 0.333. The van der Waals surface area contributed by atoms with Crippen LogP contribution in [0.1, 0.15) is 75.2 Å². The van der Waals surface area contributed by atoms with Gasteiger partial charge < -0.3 is 23.1 Å². The van der Waals surface area contributed by atoms with E-state index in [0.29, 0.717) is 26.1 Å². The maximum atomic E-state index is 10.7. The molecule has 0 amide bonds. The molecule has 5 nitrogen and oxygen atoms in total. The number of rotatable bonds is 17. The van der Waals surface area contributed by atoms with Gasteiger partial charge in [-0.15, -0.1) is 0 Å². The summed E-state index contributed by atoms with van der Waals surface area (Å²) in [5, 5.41) is 17.1. The van der Waals surface area contributed by atoms with Gasteiger partial charge in [0.15, 0.2) is 0 Å². The summed E-state index contributed by atoms with van der Waals surface area (Å²) in [6, 6.07) is 64.9. The smallest absolute Gasteiger partial charge is 0.262 e. The molecule has 1 aliphatic rings. The monoisotopic (exact) mass is 958 g/mol. The Morgan fingerprint density at radius 1 is 0.485 bits per heavy atom. The third-order valence-electron chi connectivity index (χ3n) is 14.0. The molecular formula is C60H74O5Si3. The molecule has 0 aromatic heterocycles. The van der Waals surface area contributed by atoms with Gasteiger partial charge in [0.25, 0.3) is 25.0 Å². The van der Waals surface area contributed by atoms with Gasteiger partial charge >= 0.3 is 0 Å². The average Bonchev–Trinajstić information content (AvgIpc) is 3.33. The van der Waals surface area contributed by atoms with Crippen LogP contribution < -0.4 is 31.1 Å². The summed E-state index contributed by atoms with van der Waals surface area (Å²) in [4.78, 5) is 0. The van der Waals surface area contributed by atoms with E-state index in [9.17, 15) is 5.11 Å². The van der Waals surface area contributed by atoms with Gasteiger partial charge in [-0.2, -0.15) is 0 Å². The van der Waals surface area contributed by atoms with Gasteiger partial charge in [0.05, 0.1) is 18.8 Å². The molecule has 1 N–H and O–H groups in total. The van der Waals surface area contributed by atoms with Crippen LogP contribution in [0.2, 0.25) is 15.1 Å². The number of aliphatic hydroxyl groups excluding tert-OH is 1. The molecule has 0 saturated heterocycles. The molecule has 0 heterocycles. The van der Waals surface area contributed by atoms with E-state index in [0.717, 1.165) is 11.1 Å². The standard InChI is InChI=1S/C60H74O5Si3/c1-47-48(42-43-61)46-55(64-67(59(5,6)7,51-34-21-13-22-35-51)52-36-23-14-24-37-52)57(56(47)65-68(60(8,9)10,53-38-25-15-26-39-53)54-40-27-16-28-41-54)62-44-29-45-63-66(58(2,3)4,49-30-17-11-18-31-49)50-32-19-12-20-33-50/h11-28,30-42,55-57,61H,1,29,43-46H2,2-10H3. The predicted molar refractivity (Wildman–Crippen MR) is 292 cm³/mol. The first-order valence-electron chi connectivity index (χ1n) is 24.4. The van der Waals surface area contributed by atoms with Crippen LogP contribution in [-0.4, -0.2) is 68.2 Å². The van der Waals surface area contributed by atoms with Crippen LogP contribution in [0.25, 0.3) is 0 Å². The van der Waals surface area contributed by atoms with Crippen molar-refractivity contribution in [3.63, 3.8) is 0 Å². The highest BCUT2D eigenvalue weighted by molar-refractivity contribution is 7.00. The predicted octanol–water partition coefficient (Wildman–Crippen LogP) is 10.1. The first-order valence-corrected chi connectivity index (χ1v) is 30.2. The van der Waals surface area contributed by atoms with Crippen molar-refractivity contribution in [2.24, 2.45) is 0 Å². The highest BCUT2D eigenvalue weighted by Crippen LogP contribution is 2.45. The Kier molecular flexibility index (Phi) is 16.2. The van der Waals surface area contributed by atoms with E-state index in [-0.39, 0.29) is 21.7 Å². The third-order valence-corrected chi connectivity index (χ3v) is 29.1. The van der Waals surface area contributed by atoms with E-state index in [4.69, 9.17) is 24.6 Å². The zero-order valence-electron chi connectivity index (χ0n) is 42.0. The molecule has 0 radical (unpaired) electrons. The molecule has 0 aliphatic heterocycles. The van der Waals surface area contributed by atoms with E-state index in [1.54, 1.807) is 0 Å². The Labute approximate surface area is 411 Å². The number of hydrogen-bond donors (Lipinski definition) is 1. The quantitative estimate of drug-likeness (QED) is 0.0729. The Balaban J connectivity index is 1.36. The summed E-state index contributed by atoms with van der Waals surface area (Å²) >= 11 is 0. The first-order chi connectivity index (χ1) is 32.5. The van der Waals surface area contributed by atoms with Crippen molar-refractivity contribution in [3.8, 4) is 0 Å². The fourth-order valence-electron chi connectivity index (χ4n) is 10.9. The Morgan fingerprint density at radius 3 is 1.13 bits per heavy atom.